The molecule has 3 nitrogen and oxygen atoms in total. The van der Waals surface area contributed by atoms with Crippen LogP contribution >= 0.6 is 35.3 Å². The van der Waals surface area contributed by atoms with Crippen molar-refractivity contribution >= 4 is 41.3 Å². The molecule has 2 aromatic rings. The average molecular weight is 493 g/mol. The SMILES string of the molecule is CN=C(NCC#Cc1cccc(C(F)(F)F)c1)N(C)Cc1ccsc1.I. The number of hydrogen-bond donors (Lipinski definition) is 1. The topological polar surface area (TPSA) is 27.6 Å². The fourth-order valence-electron chi connectivity index (χ4n) is 2.16. The average Bonchev–Trinajstić information content (AvgIpc) is 3.07. The molecule has 0 aliphatic carbocycles. The summed E-state index contributed by atoms with van der Waals surface area (Å²) < 4.78 is 38.0. The van der Waals surface area contributed by atoms with Crippen LogP contribution in [0.4, 0.5) is 13.2 Å². The molecule has 0 fully saturated rings. The van der Waals surface area contributed by atoms with Crippen LogP contribution in [-0.4, -0.2) is 31.5 Å². The van der Waals surface area contributed by atoms with E-state index in [0.29, 0.717) is 18.1 Å². The number of rotatable bonds is 3. The van der Waals surface area contributed by atoms with E-state index in [9.17, 15) is 13.2 Å². The molecule has 0 bridgehead atoms. The van der Waals surface area contributed by atoms with Gasteiger partial charge in [-0.1, -0.05) is 17.9 Å². The maximum atomic E-state index is 12.7. The Kier molecular flexibility index (Phi) is 8.95. The van der Waals surface area contributed by atoms with Gasteiger partial charge in [0.2, 0.25) is 0 Å². The molecule has 0 saturated carbocycles. The van der Waals surface area contributed by atoms with Crippen LogP contribution in [0, 0.1) is 11.8 Å². The van der Waals surface area contributed by atoms with Crippen molar-refractivity contribution in [3.05, 3.63) is 57.8 Å². The normalized spacial score (nSPS) is 11.2. The Bertz CT molecular complexity index is 777. The van der Waals surface area contributed by atoms with E-state index in [-0.39, 0.29) is 30.5 Å². The van der Waals surface area contributed by atoms with Gasteiger partial charge in [0, 0.05) is 26.2 Å². The van der Waals surface area contributed by atoms with Crippen LogP contribution < -0.4 is 5.32 Å². The summed E-state index contributed by atoms with van der Waals surface area (Å²) in [7, 11) is 3.58. The lowest BCUT2D eigenvalue weighted by Crippen LogP contribution is -2.38. The summed E-state index contributed by atoms with van der Waals surface area (Å²) in [5.41, 5.74) is 0.822. The number of hydrogen-bond acceptors (Lipinski definition) is 2. The fourth-order valence-corrected chi connectivity index (χ4v) is 2.82. The minimum absolute atomic E-state index is 0. The molecule has 140 valence electrons. The highest BCUT2D eigenvalue weighted by molar-refractivity contribution is 14.0. The molecule has 0 spiro atoms. The van der Waals surface area contributed by atoms with Gasteiger partial charge < -0.3 is 10.2 Å². The van der Waals surface area contributed by atoms with Crippen molar-refractivity contribution in [3.63, 3.8) is 0 Å². The molecule has 0 unspecified atom stereocenters. The molecular formula is C18H19F3IN3S. The van der Waals surface area contributed by atoms with E-state index >= 15 is 0 Å². The standard InChI is InChI=1S/C18H18F3N3S.HI/c1-22-17(24(2)12-15-8-10-25-13-15)23-9-4-6-14-5-3-7-16(11-14)18(19,20)21;/h3,5,7-8,10-11,13H,9,12H2,1-2H3,(H,22,23);1H. The Morgan fingerprint density at radius 3 is 2.69 bits per heavy atom. The third-order valence-electron chi connectivity index (χ3n) is 3.33. The molecule has 2 rings (SSSR count). The predicted octanol–water partition coefficient (Wildman–Crippen LogP) is 4.44. The summed E-state index contributed by atoms with van der Waals surface area (Å²) in [5, 5.41) is 7.16. The van der Waals surface area contributed by atoms with Crippen LogP contribution in [0.1, 0.15) is 16.7 Å². The van der Waals surface area contributed by atoms with Gasteiger partial charge in [-0.05, 0) is 40.6 Å². The van der Waals surface area contributed by atoms with Gasteiger partial charge in [-0.3, -0.25) is 4.99 Å². The first-order valence-corrected chi connectivity index (χ1v) is 8.43. The van der Waals surface area contributed by atoms with E-state index < -0.39 is 11.7 Å². The monoisotopic (exact) mass is 493 g/mol. The Labute approximate surface area is 172 Å². The van der Waals surface area contributed by atoms with Crippen molar-refractivity contribution in [1.82, 2.24) is 10.2 Å². The molecule has 1 aromatic carbocycles. The van der Waals surface area contributed by atoms with Gasteiger partial charge in [0.25, 0.3) is 0 Å². The summed E-state index contributed by atoms with van der Waals surface area (Å²) in [6.45, 7) is 1.00. The Morgan fingerprint density at radius 2 is 2.08 bits per heavy atom. The summed E-state index contributed by atoms with van der Waals surface area (Å²) >= 11 is 1.63. The first kappa shape index (κ1) is 22.3. The number of nitrogens with one attached hydrogen (secondary N) is 1. The second kappa shape index (κ2) is 10.4. The van der Waals surface area contributed by atoms with Gasteiger partial charge >= 0.3 is 6.18 Å². The molecule has 0 aliphatic heterocycles. The zero-order valence-corrected chi connectivity index (χ0v) is 17.4. The van der Waals surface area contributed by atoms with Crippen molar-refractivity contribution in [1.29, 1.82) is 0 Å². The molecule has 1 heterocycles. The maximum Gasteiger partial charge on any atom is 0.416 e. The third-order valence-corrected chi connectivity index (χ3v) is 4.06. The second-order valence-electron chi connectivity index (χ2n) is 5.27. The van der Waals surface area contributed by atoms with Crippen molar-refractivity contribution in [2.75, 3.05) is 20.6 Å². The number of guanidine groups is 1. The number of aliphatic imine (C=N–C) groups is 1. The summed E-state index contributed by atoms with van der Waals surface area (Å²) in [5.74, 6) is 6.23. The van der Waals surface area contributed by atoms with Crippen molar-refractivity contribution in [2.24, 2.45) is 4.99 Å². The highest BCUT2D eigenvalue weighted by atomic mass is 127. The van der Waals surface area contributed by atoms with Gasteiger partial charge in [0.1, 0.15) is 0 Å². The molecule has 0 saturated heterocycles. The van der Waals surface area contributed by atoms with Crippen LogP contribution in [0.2, 0.25) is 0 Å². The van der Waals surface area contributed by atoms with E-state index in [1.807, 2.05) is 23.4 Å². The summed E-state index contributed by atoms with van der Waals surface area (Å²) in [6.07, 6.45) is -4.36. The Morgan fingerprint density at radius 1 is 1.31 bits per heavy atom. The van der Waals surface area contributed by atoms with E-state index in [1.165, 1.54) is 11.6 Å². The van der Waals surface area contributed by atoms with Crippen LogP contribution in [0.3, 0.4) is 0 Å². The second-order valence-corrected chi connectivity index (χ2v) is 6.05. The van der Waals surface area contributed by atoms with E-state index in [2.05, 4.69) is 27.5 Å². The minimum atomic E-state index is -4.36. The third kappa shape index (κ3) is 6.88. The largest absolute Gasteiger partial charge is 0.416 e. The number of thiophene rings is 1. The van der Waals surface area contributed by atoms with E-state index in [4.69, 9.17) is 0 Å². The summed E-state index contributed by atoms with van der Waals surface area (Å²) in [6, 6.07) is 7.03. The number of halogens is 4. The smallest absolute Gasteiger partial charge is 0.345 e. The lowest BCUT2D eigenvalue weighted by Gasteiger charge is -2.20. The number of alkyl halides is 3. The lowest BCUT2D eigenvalue weighted by atomic mass is 10.1. The maximum absolute atomic E-state index is 12.7. The molecule has 8 heteroatoms. The highest BCUT2D eigenvalue weighted by Gasteiger charge is 2.30. The summed E-state index contributed by atoms with van der Waals surface area (Å²) in [4.78, 5) is 6.13. The van der Waals surface area contributed by atoms with Crippen molar-refractivity contribution < 1.29 is 13.2 Å². The fraction of sp³-hybridized carbons (Fsp3) is 0.278. The molecule has 0 aliphatic rings. The Hall–Kier alpha value is -1.73. The van der Waals surface area contributed by atoms with Gasteiger partial charge in [0.05, 0.1) is 12.1 Å². The number of benzene rings is 1. The van der Waals surface area contributed by atoms with Crippen LogP contribution in [0.25, 0.3) is 0 Å². The van der Waals surface area contributed by atoms with Crippen LogP contribution in [-0.2, 0) is 12.7 Å². The van der Waals surface area contributed by atoms with Gasteiger partial charge in [-0.25, -0.2) is 0 Å². The zero-order chi connectivity index (χ0) is 18.3. The minimum Gasteiger partial charge on any atom is -0.345 e. The van der Waals surface area contributed by atoms with Crippen molar-refractivity contribution in [2.45, 2.75) is 12.7 Å². The Balaban J connectivity index is 0.00000338. The molecule has 0 radical (unpaired) electrons. The zero-order valence-electron chi connectivity index (χ0n) is 14.3. The van der Waals surface area contributed by atoms with Gasteiger partial charge in [0.15, 0.2) is 5.96 Å². The molecule has 0 atom stereocenters. The quantitative estimate of drug-likeness (QED) is 0.296. The molecule has 1 N–H and O–H groups in total. The first-order chi connectivity index (χ1) is 11.9. The molecular weight excluding hydrogens is 474 g/mol. The lowest BCUT2D eigenvalue weighted by molar-refractivity contribution is -0.137. The highest BCUT2D eigenvalue weighted by Crippen LogP contribution is 2.29. The van der Waals surface area contributed by atoms with Crippen molar-refractivity contribution in [3.8, 4) is 11.8 Å². The molecule has 26 heavy (non-hydrogen) atoms. The molecule has 1 aromatic heterocycles. The van der Waals surface area contributed by atoms with Crippen LogP contribution in [0.15, 0.2) is 46.1 Å². The number of nitrogens with zero attached hydrogens (tertiary/aromatic N) is 2. The van der Waals surface area contributed by atoms with Crippen LogP contribution in [0.5, 0.6) is 0 Å². The van der Waals surface area contributed by atoms with Gasteiger partial charge in [-0.15, -0.1) is 24.0 Å². The first-order valence-electron chi connectivity index (χ1n) is 7.49. The van der Waals surface area contributed by atoms with E-state index in [0.717, 1.165) is 12.1 Å². The van der Waals surface area contributed by atoms with Gasteiger partial charge in [-0.2, -0.15) is 24.5 Å². The van der Waals surface area contributed by atoms with E-state index in [1.54, 1.807) is 24.5 Å². The predicted molar refractivity (Wildman–Crippen MR) is 111 cm³/mol. The molecule has 0 amide bonds.